The first kappa shape index (κ1) is 13.2. The normalized spacial score (nSPS) is 11.0. The first-order chi connectivity index (χ1) is 7.86. The van der Waals surface area contributed by atoms with E-state index in [0.29, 0.717) is 17.9 Å². The largest absolute Gasteiger partial charge is 0.397 e. The Bertz CT molecular complexity index is 415. The van der Waals surface area contributed by atoms with Gasteiger partial charge in [-0.15, -0.1) is 0 Å². The third kappa shape index (κ3) is 3.27. The fourth-order valence-electron chi connectivity index (χ4n) is 1.43. The summed E-state index contributed by atoms with van der Waals surface area (Å²) in [6.07, 6.45) is 0. The molecule has 5 nitrogen and oxygen atoms in total. The van der Waals surface area contributed by atoms with Crippen LogP contribution in [0.3, 0.4) is 0 Å². The zero-order valence-corrected chi connectivity index (χ0v) is 10.5. The van der Waals surface area contributed by atoms with Gasteiger partial charge in [0.15, 0.2) is 0 Å². The molecule has 6 N–H and O–H groups in total. The van der Waals surface area contributed by atoms with Crippen LogP contribution < -0.4 is 22.1 Å². The van der Waals surface area contributed by atoms with E-state index < -0.39 is 5.41 Å². The summed E-state index contributed by atoms with van der Waals surface area (Å²) < 4.78 is 0. The van der Waals surface area contributed by atoms with Gasteiger partial charge in [-0.3, -0.25) is 4.79 Å². The van der Waals surface area contributed by atoms with Crippen LogP contribution in [0, 0.1) is 5.41 Å². The van der Waals surface area contributed by atoms with Gasteiger partial charge in [0.25, 0.3) is 0 Å². The first-order valence-electron chi connectivity index (χ1n) is 5.48. The molecule has 1 aromatic rings. The molecular formula is C12H20N4O. The van der Waals surface area contributed by atoms with E-state index in [4.69, 9.17) is 11.5 Å². The van der Waals surface area contributed by atoms with Crippen molar-refractivity contribution >= 4 is 23.0 Å². The van der Waals surface area contributed by atoms with Crippen LogP contribution in [-0.2, 0) is 4.79 Å². The number of anilines is 3. The first-order valence-corrected chi connectivity index (χ1v) is 5.48. The molecule has 0 aliphatic rings. The highest BCUT2D eigenvalue weighted by atomic mass is 16.2. The monoisotopic (exact) mass is 236 g/mol. The highest BCUT2D eigenvalue weighted by Gasteiger charge is 2.26. The van der Waals surface area contributed by atoms with Gasteiger partial charge in [-0.1, -0.05) is 0 Å². The summed E-state index contributed by atoms with van der Waals surface area (Å²) in [6, 6.07) is 5.34. The van der Waals surface area contributed by atoms with E-state index in [1.54, 1.807) is 19.2 Å². The summed E-state index contributed by atoms with van der Waals surface area (Å²) >= 11 is 0. The van der Waals surface area contributed by atoms with Crippen LogP contribution in [0.1, 0.15) is 13.8 Å². The Hall–Kier alpha value is -1.91. The highest BCUT2D eigenvalue weighted by molar-refractivity contribution is 5.82. The minimum atomic E-state index is -0.481. The number of amides is 1. The molecule has 1 rings (SSSR count). The van der Waals surface area contributed by atoms with Gasteiger partial charge in [0.1, 0.15) is 0 Å². The molecule has 0 aromatic heterocycles. The van der Waals surface area contributed by atoms with Gasteiger partial charge in [-0.2, -0.15) is 0 Å². The second-order valence-corrected chi connectivity index (χ2v) is 4.66. The molecule has 5 heteroatoms. The van der Waals surface area contributed by atoms with Crippen LogP contribution in [0.4, 0.5) is 17.1 Å². The second kappa shape index (κ2) is 4.95. The lowest BCUT2D eigenvalue weighted by Crippen LogP contribution is -2.39. The molecular weight excluding hydrogens is 216 g/mol. The maximum atomic E-state index is 11.6. The smallest absolute Gasteiger partial charge is 0.227 e. The van der Waals surface area contributed by atoms with Crippen molar-refractivity contribution in [1.29, 1.82) is 0 Å². The van der Waals surface area contributed by atoms with Gasteiger partial charge < -0.3 is 22.1 Å². The number of hydrogen-bond acceptors (Lipinski definition) is 4. The van der Waals surface area contributed by atoms with E-state index in [-0.39, 0.29) is 5.91 Å². The maximum absolute atomic E-state index is 11.6. The molecule has 1 aromatic carbocycles. The van der Waals surface area contributed by atoms with Gasteiger partial charge in [-0.05, 0) is 32.0 Å². The average Bonchev–Trinajstić information content (AvgIpc) is 2.29. The van der Waals surface area contributed by atoms with Crippen molar-refractivity contribution < 1.29 is 4.79 Å². The topological polar surface area (TPSA) is 93.2 Å². The van der Waals surface area contributed by atoms with Gasteiger partial charge in [0, 0.05) is 19.3 Å². The standard InChI is InChI=1S/C12H20N4O/c1-12(2,11(17)15-3)7-16-8-4-5-9(13)10(14)6-8/h4-6,16H,7,13-14H2,1-3H3,(H,15,17). The summed E-state index contributed by atoms with van der Waals surface area (Å²) in [7, 11) is 1.63. The number of benzene rings is 1. The quantitative estimate of drug-likeness (QED) is 0.587. The molecule has 1 amide bonds. The highest BCUT2D eigenvalue weighted by Crippen LogP contribution is 2.22. The predicted molar refractivity (Wildman–Crippen MR) is 71.6 cm³/mol. The zero-order chi connectivity index (χ0) is 13.1. The number of carbonyl (C=O) groups is 1. The predicted octanol–water partition coefficient (Wildman–Crippen LogP) is 1.04. The Morgan fingerprint density at radius 1 is 1.29 bits per heavy atom. The van der Waals surface area contributed by atoms with E-state index in [0.717, 1.165) is 5.69 Å². The van der Waals surface area contributed by atoms with E-state index in [1.807, 2.05) is 19.9 Å². The fourth-order valence-corrected chi connectivity index (χ4v) is 1.43. The number of nitrogen functional groups attached to an aromatic ring is 2. The SMILES string of the molecule is CNC(=O)C(C)(C)CNc1ccc(N)c(N)c1. The molecule has 0 unspecified atom stereocenters. The van der Waals surface area contributed by atoms with Gasteiger partial charge in [0.05, 0.1) is 16.8 Å². The minimum absolute atomic E-state index is 0.00610. The Morgan fingerprint density at radius 3 is 2.47 bits per heavy atom. The zero-order valence-electron chi connectivity index (χ0n) is 10.5. The molecule has 0 radical (unpaired) electrons. The fraction of sp³-hybridized carbons (Fsp3) is 0.417. The van der Waals surface area contributed by atoms with Crippen LogP contribution in [0.2, 0.25) is 0 Å². The van der Waals surface area contributed by atoms with Crippen molar-refractivity contribution in [3.63, 3.8) is 0 Å². The molecule has 0 saturated heterocycles. The molecule has 0 saturated carbocycles. The number of nitrogens with one attached hydrogen (secondary N) is 2. The van der Waals surface area contributed by atoms with Gasteiger partial charge >= 0.3 is 0 Å². The molecule has 17 heavy (non-hydrogen) atoms. The maximum Gasteiger partial charge on any atom is 0.227 e. The van der Waals surface area contributed by atoms with E-state index in [1.165, 1.54) is 0 Å². The van der Waals surface area contributed by atoms with E-state index in [9.17, 15) is 4.79 Å². The van der Waals surface area contributed by atoms with E-state index in [2.05, 4.69) is 10.6 Å². The number of carbonyl (C=O) groups excluding carboxylic acids is 1. The molecule has 0 fully saturated rings. The molecule has 0 aliphatic heterocycles. The molecule has 0 bridgehead atoms. The van der Waals surface area contributed by atoms with Crippen LogP contribution in [0.25, 0.3) is 0 Å². The summed E-state index contributed by atoms with van der Waals surface area (Å²) in [5, 5.41) is 5.81. The lowest BCUT2D eigenvalue weighted by atomic mass is 9.92. The third-order valence-electron chi connectivity index (χ3n) is 2.66. The number of nitrogens with two attached hydrogens (primary N) is 2. The Labute approximate surface area is 102 Å². The minimum Gasteiger partial charge on any atom is -0.397 e. The number of hydrogen-bond donors (Lipinski definition) is 4. The van der Waals surface area contributed by atoms with Crippen molar-refractivity contribution in [2.75, 3.05) is 30.4 Å². The van der Waals surface area contributed by atoms with E-state index >= 15 is 0 Å². The number of rotatable bonds is 4. The summed E-state index contributed by atoms with van der Waals surface area (Å²) in [6.45, 7) is 4.27. The molecule has 0 heterocycles. The van der Waals surface area contributed by atoms with Crippen molar-refractivity contribution in [3.8, 4) is 0 Å². The lowest BCUT2D eigenvalue weighted by molar-refractivity contribution is -0.128. The van der Waals surface area contributed by atoms with Crippen LogP contribution in [0.5, 0.6) is 0 Å². The summed E-state index contributed by atoms with van der Waals surface area (Å²) in [4.78, 5) is 11.6. The van der Waals surface area contributed by atoms with Crippen molar-refractivity contribution in [2.45, 2.75) is 13.8 Å². The van der Waals surface area contributed by atoms with Crippen molar-refractivity contribution in [2.24, 2.45) is 5.41 Å². The van der Waals surface area contributed by atoms with Crippen LogP contribution in [-0.4, -0.2) is 19.5 Å². The van der Waals surface area contributed by atoms with Crippen LogP contribution >= 0.6 is 0 Å². The summed E-state index contributed by atoms with van der Waals surface area (Å²) in [5.74, 6) is -0.00610. The van der Waals surface area contributed by atoms with Gasteiger partial charge in [0.2, 0.25) is 5.91 Å². The molecule has 0 aliphatic carbocycles. The molecule has 94 valence electrons. The van der Waals surface area contributed by atoms with Crippen molar-refractivity contribution in [3.05, 3.63) is 18.2 Å². The summed E-state index contributed by atoms with van der Waals surface area (Å²) in [5.41, 5.74) is 12.8. The molecule has 0 atom stereocenters. The Morgan fingerprint density at radius 2 is 1.94 bits per heavy atom. The lowest BCUT2D eigenvalue weighted by Gasteiger charge is -2.23. The average molecular weight is 236 g/mol. The Kier molecular flexibility index (Phi) is 3.83. The van der Waals surface area contributed by atoms with Gasteiger partial charge in [-0.25, -0.2) is 0 Å². The van der Waals surface area contributed by atoms with Crippen LogP contribution in [0.15, 0.2) is 18.2 Å². The molecule has 0 spiro atoms. The van der Waals surface area contributed by atoms with Crippen molar-refractivity contribution in [1.82, 2.24) is 5.32 Å². The Balaban J connectivity index is 2.67. The second-order valence-electron chi connectivity index (χ2n) is 4.66. The third-order valence-corrected chi connectivity index (χ3v) is 2.66.